The Bertz CT molecular complexity index is 458. The molecule has 104 valence electrons. The number of hydrogen-bond donors (Lipinski definition) is 1. The molecule has 2 unspecified atom stereocenters. The smallest absolute Gasteiger partial charge is 0.254 e. The third-order valence-corrected chi connectivity index (χ3v) is 3.62. The van der Waals surface area contributed by atoms with E-state index in [2.05, 4.69) is 6.92 Å². The molecule has 5 heteroatoms. The van der Waals surface area contributed by atoms with E-state index in [-0.39, 0.29) is 17.5 Å². The molecule has 1 heterocycles. The summed E-state index contributed by atoms with van der Waals surface area (Å²) < 4.78 is 26.3. The van der Waals surface area contributed by atoms with Crippen LogP contribution in [0, 0.1) is 17.6 Å². The molecule has 2 N–H and O–H groups in total. The van der Waals surface area contributed by atoms with Gasteiger partial charge in [-0.1, -0.05) is 6.92 Å². The zero-order valence-electron chi connectivity index (χ0n) is 10.9. The first-order valence-corrected chi connectivity index (χ1v) is 6.48. The molecule has 0 spiro atoms. The molecule has 0 saturated carbocycles. The minimum absolute atomic E-state index is 0.0468. The van der Waals surface area contributed by atoms with Gasteiger partial charge in [0.05, 0.1) is 0 Å². The fourth-order valence-corrected chi connectivity index (χ4v) is 2.59. The van der Waals surface area contributed by atoms with Crippen molar-refractivity contribution in [2.75, 3.05) is 13.1 Å². The predicted octanol–water partition coefficient (Wildman–Crippen LogP) is 2.16. The van der Waals surface area contributed by atoms with Crippen LogP contribution in [-0.2, 0) is 0 Å². The minimum Gasteiger partial charge on any atom is -0.334 e. The van der Waals surface area contributed by atoms with Gasteiger partial charge >= 0.3 is 0 Å². The van der Waals surface area contributed by atoms with Crippen molar-refractivity contribution in [1.82, 2.24) is 4.90 Å². The maximum Gasteiger partial charge on any atom is 0.254 e. The van der Waals surface area contributed by atoms with Gasteiger partial charge < -0.3 is 10.6 Å². The van der Waals surface area contributed by atoms with Crippen molar-refractivity contribution in [2.24, 2.45) is 11.7 Å². The highest BCUT2D eigenvalue weighted by Gasteiger charge is 2.29. The van der Waals surface area contributed by atoms with Gasteiger partial charge in [0.2, 0.25) is 0 Å². The number of rotatable bonds is 2. The first kappa shape index (κ1) is 13.9. The van der Waals surface area contributed by atoms with Crippen molar-refractivity contribution in [3.63, 3.8) is 0 Å². The molecular formula is C14H18F2N2O. The van der Waals surface area contributed by atoms with Crippen LogP contribution >= 0.6 is 0 Å². The summed E-state index contributed by atoms with van der Waals surface area (Å²) in [5, 5.41) is 0. The minimum atomic E-state index is -0.738. The molecule has 1 amide bonds. The van der Waals surface area contributed by atoms with E-state index >= 15 is 0 Å². The summed E-state index contributed by atoms with van der Waals surface area (Å²) in [5.41, 5.74) is 5.74. The Morgan fingerprint density at radius 3 is 2.58 bits per heavy atom. The Labute approximate surface area is 111 Å². The number of nitrogens with zero attached hydrogens (tertiary/aromatic N) is 1. The second-order valence-corrected chi connectivity index (χ2v) is 5.18. The summed E-state index contributed by atoms with van der Waals surface area (Å²) in [4.78, 5) is 14.0. The third-order valence-electron chi connectivity index (χ3n) is 3.62. The first-order valence-electron chi connectivity index (χ1n) is 6.48. The van der Waals surface area contributed by atoms with E-state index in [0.717, 1.165) is 31.0 Å². The van der Waals surface area contributed by atoms with E-state index in [1.165, 1.54) is 0 Å². The fourth-order valence-electron chi connectivity index (χ4n) is 2.59. The van der Waals surface area contributed by atoms with Gasteiger partial charge in [-0.25, -0.2) is 8.78 Å². The van der Waals surface area contributed by atoms with Gasteiger partial charge in [-0.05, 0) is 30.9 Å². The standard InChI is InChI=1S/C14H18F2N2O/c1-9-2-3-18(13(4-9)8-17)14(19)10-5-11(15)7-12(16)6-10/h5-7,9,13H,2-4,8,17H2,1H3. The van der Waals surface area contributed by atoms with Crippen LogP contribution in [-0.4, -0.2) is 29.9 Å². The maximum absolute atomic E-state index is 13.2. The third kappa shape index (κ3) is 3.10. The lowest BCUT2D eigenvalue weighted by molar-refractivity contribution is 0.0572. The van der Waals surface area contributed by atoms with Crippen LogP contribution in [0.4, 0.5) is 8.78 Å². The molecule has 0 aliphatic carbocycles. The lowest BCUT2D eigenvalue weighted by Crippen LogP contribution is -2.49. The number of piperidine rings is 1. The van der Waals surface area contributed by atoms with Crippen molar-refractivity contribution < 1.29 is 13.6 Å². The maximum atomic E-state index is 13.2. The lowest BCUT2D eigenvalue weighted by atomic mass is 9.92. The highest BCUT2D eigenvalue weighted by atomic mass is 19.1. The van der Waals surface area contributed by atoms with Gasteiger partial charge in [0.1, 0.15) is 11.6 Å². The highest BCUT2D eigenvalue weighted by Crippen LogP contribution is 2.24. The quantitative estimate of drug-likeness (QED) is 0.893. The summed E-state index contributed by atoms with van der Waals surface area (Å²) in [6.07, 6.45) is 1.72. The van der Waals surface area contributed by atoms with Gasteiger partial charge in [0, 0.05) is 30.8 Å². The average Bonchev–Trinajstić information content (AvgIpc) is 2.36. The zero-order valence-corrected chi connectivity index (χ0v) is 10.9. The highest BCUT2D eigenvalue weighted by molar-refractivity contribution is 5.94. The van der Waals surface area contributed by atoms with E-state index in [0.29, 0.717) is 19.0 Å². The predicted molar refractivity (Wildman–Crippen MR) is 68.6 cm³/mol. The van der Waals surface area contributed by atoms with E-state index in [4.69, 9.17) is 5.73 Å². The number of carbonyl (C=O) groups excluding carboxylic acids is 1. The number of nitrogens with two attached hydrogens (primary N) is 1. The number of halogens is 2. The second kappa shape index (κ2) is 5.65. The van der Waals surface area contributed by atoms with Crippen LogP contribution in [0.15, 0.2) is 18.2 Å². The van der Waals surface area contributed by atoms with Gasteiger partial charge in [-0.3, -0.25) is 4.79 Å². The Hall–Kier alpha value is -1.49. The Morgan fingerprint density at radius 1 is 1.37 bits per heavy atom. The molecule has 1 aliphatic rings. The summed E-state index contributed by atoms with van der Waals surface area (Å²) in [6.45, 7) is 3.07. The van der Waals surface area contributed by atoms with Gasteiger partial charge in [0.15, 0.2) is 0 Å². The van der Waals surface area contributed by atoms with Gasteiger partial charge in [-0.2, -0.15) is 0 Å². The molecule has 0 bridgehead atoms. The number of likely N-dealkylation sites (tertiary alicyclic amines) is 1. The molecule has 0 radical (unpaired) electrons. The second-order valence-electron chi connectivity index (χ2n) is 5.18. The largest absolute Gasteiger partial charge is 0.334 e. The molecule has 1 fully saturated rings. The monoisotopic (exact) mass is 268 g/mol. The van der Waals surface area contributed by atoms with Crippen LogP contribution in [0.2, 0.25) is 0 Å². The molecule has 0 aromatic heterocycles. The molecule has 3 nitrogen and oxygen atoms in total. The first-order chi connectivity index (χ1) is 9.01. The van der Waals surface area contributed by atoms with Gasteiger partial charge in [-0.15, -0.1) is 0 Å². The number of hydrogen-bond acceptors (Lipinski definition) is 2. The fraction of sp³-hybridized carbons (Fsp3) is 0.500. The van der Waals surface area contributed by atoms with Crippen LogP contribution in [0.3, 0.4) is 0 Å². The van der Waals surface area contributed by atoms with E-state index in [9.17, 15) is 13.6 Å². The molecule has 19 heavy (non-hydrogen) atoms. The molecular weight excluding hydrogens is 250 g/mol. The number of carbonyl (C=O) groups is 1. The lowest BCUT2D eigenvalue weighted by Gasteiger charge is -2.38. The van der Waals surface area contributed by atoms with Crippen LogP contribution in [0.25, 0.3) is 0 Å². The van der Waals surface area contributed by atoms with Crippen molar-refractivity contribution in [1.29, 1.82) is 0 Å². The topological polar surface area (TPSA) is 46.3 Å². The number of benzene rings is 1. The van der Waals surface area contributed by atoms with E-state index in [1.807, 2.05) is 0 Å². The Morgan fingerprint density at radius 2 is 2.00 bits per heavy atom. The molecule has 1 aliphatic heterocycles. The number of amides is 1. The average molecular weight is 268 g/mol. The zero-order chi connectivity index (χ0) is 14.0. The molecule has 1 aromatic carbocycles. The van der Waals surface area contributed by atoms with Gasteiger partial charge in [0.25, 0.3) is 5.91 Å². The van der Waals surface area contributed by atoms with Crippen molar-refractivity contribution in [3.8, 4) is 0 Å². The molecule has 2 atom stereocenters. The van der Waals surface area contributed by atoms with Crippen LogP contribution in [0.1, 0.15) is 30.1 Å². The molecule has 2 rings (SSSR count). The Balaban J connectivity index is 2.22. The van der Waals surface area contributed by atoms with Crippen LogP contribution in [0.5, 0.6) is 0 Å². The van der Waals surface area contributed by atoms with E-state index < -0.39 is 11.6 Å². The van der Waals surface area contributed by atoms with Crippen molar-refractivity contribution in [2.45, 2.75) is 25.8 Å². The van der Waals surface area contributed by atoms with Crippen LogP contribution < -0.4 is 5.73 Å². The normalized spacial score (nSPS) is 23.5. The van der Waals surface area contributed by atoms with Crippen molar-refractivity contribution in [3.05, 3.63) is 35.4 Å². The summed E-state index contributed by atoms with van der Waals surface area (Å²) >= 11 is 0. The van der Waals surface area contributed by atoms with E-state index in [1.54, 1.807) is 4.90 Å². The molecule has 1 saturated heterocycles. The summed E-state index contributed by atoms with van der Waals surface area (Å²) in [7, 11) is 0. The summed E-state index contributed by atoms with van der Waals surface area (Å²) in [5.74, 6) is -1.31. The van der Waals surface area contributed by atoms with Crippen molar-refractivity contribution >= 4 is 5.91 Å². The Kier molecular flexibility index (Phi) is 4.14. The summed E-state index contributed by atoms with van der Waals surface area (Å²) in [6, 6.07) is 2.84. The SMILES string of the molecule is CC1CCN(C(=O)c2cc(F)cc(F)c2)C(CN)C1. The molecule has 1 aromatic rings.